The van der Waals surface area contributed by atoms with Gasteiger partial charge in [-0.05, 0) is 32.8 Å². The van der Waals surface area contributed by atoms with Crippen LogP contribution in [0.2, 0.25) is 0 Å². The van der Waals surface area contributed by atoms with Gasteiger partial charge in [-0.3, -0.25) is 13.9 Å². The minimum Gasteiger partial charge on any atom is -0.380 e. The van der Waals surface area contributed by atoms with Crippen molar-refractivity contribution in [1.29, 1.82) is 0 Å². The van der Waals surface area contributed by atoms with Crippen LogP contribution in [0.5, 0.6) is 0 Å². The number of fused-ring (bicyclic) bond motifs is 1. The predicted molar refractivity (Wildman–Crippen MR) is 107 cm³/mol. The summed E-state index contributed by atoms with van der Waals surface area (Å²) in [5, 5.41) is 4.66. The molecule has 0 unspecified atom stereocenters. The molecule has 0 spiro atoms. The van der Waals surface area contributed by atoms with E-state index in [0.29, 0.717) is 36.9 Å². The highest BCUT2D eigenvalue weighted by molar-refractivity contribution is 5.72. The fraction of sp³-hybridized carbons (Fsp3) is 0.579. The van der Waals surface area contributed by atoms with Crippen LogP contribution in [0.1, 0.15) is 39.1 Å². The van der Waals surface area contributed by atoms with Crippen LogP contribution in [0.4, 0.5) is 0 Å². The molecule has 0 amide bonds. The topological polar surface area (TPSA) is 88.9 Å². The van der Waals surface area contributed by atoms with Crippen LogP contribution in [0, 0.1) is 0 Å². The Morgan fingerprint density at radius 2 is 1.82 bits per heavy atom. The van der Waals surface area contributed by atoms with E-state index in [-0.39, 0.29) is 12.1 Å². The minimum atomic E-state index is -0.394. The number of hydrogen-bond donors (Lipinski definition) is 0. The van der Waals surface area contributed by atoms with E-state index in [2.05, 4.69) is 30.0 Å². The lowest BCUT2D eigenvalue weighted by molar-refractivity contribution is 0.137. The van der Waals surface area contributed by atoms with E-state index in [0.717, 1.165) is 24.2 Å². The summed E-state index contributed by atoms with van der Waals surface area (Å²) >= 11 is 0. The van der Waals surface area contributed by atoms with Gasteiger partial charge in [0.2, 0.25) is 5.95 Å². The van der Waals surface area contributed by atoms with E-state index in [1.54, 1.807) is 11.7 Å². The largest absolute Gasteiger partial charge is 0.380 e. The first-order chi connectivity index (χ1) is 13.5. The van der Waals surface area contributed by atoms with E-state index in [1.165, 1.54) is 9.13 Å². The van der Waals surface area contributed by atoms with Crippen molar-refractivity contribution in [3.8, 4) is 5.95 Å². The SMILES string of the molecule is CCOCCn1c(=O)c2c(nc(-n3nc(CC)cc3CC)n2CC)n(C)c1=O. The van der Waals surface area contributed by atoms with Gasteiger partial charge in [-0.25, -0.2) is 9.48 Å². The molecule has 0 saturated carbocycles. The summed E-state index contributed by atoms with van der Waals surface area (Å²) in [5.74, 6) is 0.559. The first kappa shape index (κ1) is 20.1. The number of aryl methyl sites for hydroxylation is 4. The van der Waals surface area contributed by atoms with Gasteiger partial charge >= 0.3 is 5.69 Å². The smallest absolute Gasteiger partial charge is 0.332 e. The molecule has 3 aromatic heterocycles. The first-order valence-electron chi connectivity index (χ1n) is 9.84. The first-order valence-corrected chi connectivity index (χ1v) is 9.84. The molecule has 0 aromatic carbocycles. The number of nitrogens with zero attached hydrogens (tertiary/aromatic N) is 6. The van der Waals surface area contributed by atoms with E-state index in [4.69, 9.17) is 4.74 Å². The van der Waals surface area contributed by atoms with Gasteiger partial charge in [-0.1, -0.05) is 13.8 Å². The Balaban J connectivity index is 2.29. The molecule has 3 aromatic rings. The van der Waals surface area contributed by atoms with Gasteiger partial charge in [0.05, 0.1) is 18.8 Å². The summed E-state index contributed by atoms with van der Waals surface area (Å²) in [6.45, 7) is 9.53. The highest BCUT2D eigenvalue weighted by atomic mass is 16.5. The normalized spacial score (nSPS) is 11.6. The van der Waals surface area contributed by atoms with Gasteiger partial charge in [0.25, 0.3) is 5.56 Å². The summed E-state index contributed by atoms with van der Waals surface area (Å²) < 4.78 is 11.6. The minimum absolute atomic E-state index is 0.210. The van der Waals surface area contributed by atoms with E-state index in [9.17, 15) is 9.59 Å². The van der Waals surface area contributed by atoms with Crippen molar-refractivity contribution in [1.82, 2.24) is 28.5 Å². The maximum absolute atomic E-state index is 13.1. The van der Waals surface area contributed by atoms with Crippen molar-refractivity contribution < 1.29 is 4.74 Å². The fourth-order valence-electron chi connectivity index (χ4n) is 3.39. The van der Waals surface area contributed by atoms with Crippen LogP contribution in [0.25, 0.3) is 17.1 Å². The van der Waals surface area contributed by atoms with E-state index >= 15 is 0 Å². The molecule has 3 heterocycles. The summed E-state index contributed by atoms with van der Waals surface area (Å²) in [6, 6.07) is 2.05. The number of imidazole rings is 1. The summed E-state index contributed by atoms with van der Waals surface area (Å²) in [6.07, 6.45) is 1.60. The summed E-state index contributed by atoms with van der Waals surface area (Å²) in [4.78, 5) is 30.5. The van der Waals surface area contributed by atoms with Gasteiger partial charge in [0.1, 0.15) is 0 Å². The molecule has 0 aliphatic rings. The van der Waals surface area contributed by atoms with Crippen molar-refractivity contribution in [3.05, 3.63) is 38.3 Å². The van der Waals surface area contributed by atoms with Crippen LogP contribution >= 0.6 is 0 Å². The van der Waals surface area contributed by atoms with Gasteiger partial charge in [-0.15, -0.1) is 0 Å². The van der Waals surface area contributed by atoms with E-state index < -0.39 is 5.69 Å². The van der Waals surface area contributed by atoms with Crippen LogP contribution in [0.3, 0.4) is 0 Å². The van der Waals surface area contributed by atoms with Crippen molar-refractivity contribution in [2.24, 2.45) is 7.05 Å². The quantitative estimate of drug-likeness (QED) is 0.542. The van der Waals surface area contributed by atoms with Crippen LogP contribution in [-0.4, -0.2) is 41.7 Å². The molecule has 9 heteroatoms. The van der Waals surface area contributed by atoms with Gasteiger partial charge in [0.15, 0.2) is 11.2 Å². The zero-order valence-electron chi connectivity index (χ0n) is 17.2. The molecule has 0 saturated heterocycles. The molecule has 0 N–H and O–H groups in total. The highest BCUT2D eigenvalue weighted by Gasteiger charge is 2.22. The second-order valence-electron chi connectivity index (χ2n) is 6.57. The maximum Gasteiger partial charge on any atom is 0.332 e. The predicted octanol–water partition coefficient (Wildman–Crippen LogP) is 1.26. The molecule has 0 aliphatic heterocycles. The monoisotopic (exact) mass is 388 g/mol. The molecule has 9 nitrogen and oxygen atoms in total. The average Bonchev–Trinajstić information content (AvgIpc) is 3.29. The molecule has 0 bridgehead atoms. The van der Waals surface area contributed by atoms with Gasteiger partial charge in [-0.2, -0.15) is 10.1 Å². The molecular formula is C19H28N6O3. The standard InChI is InChI=1S/C19H28N6O3/c1-6-13-12-14(7-2)25(21-13)18-20-16-15(23(18)8-3)17(26)24(10-11-28-9-4)19(27)22(16)5/h12H,6-11H2,1-5H3. The van der Waals surface area contributed by atoms with Gasteiger partial charge < -0.3 is 9.30 Å². The summed E-state index contributed by atoms with van der Waals surface area (Å²) in [5.41, 5.74) is 2.02. The lowest BCUT2D eigenvalue weighted by Crippen LogP contribution is -2.40. The van der Waals surface area contributed by atoms with Gasteiger partial charge in [0, 0.05) is 25.9 Å². The second-order valence-corrected chi connectivity index (χ2v) is 6.57. The molecule has 0 aliphatic carbocycles. The molecule has 0 radical (unpaired) electrons. The second kappa shape index (κ2) is 8.14. The van der Waals surface area contributed by atoms with Crippen molar-refractivity contribution in [3.63, 3.8) is 0 Å². The number of aromatic nitrogens is 6. The van der Waals surface area contributed by atoms with E-state index in [1.807, 2.05) is 18.4 Å². The number of hydrogen-bond acceptors (Lipinski definition) is 5. The summed E-state index contributed by atoms with van der Waals surface area (Å²) in [7, 11) is 1.64. The molecule has 152 valence electrons. The zero-order valence-corrected chi connectivity index (χ0v) is 17.2. The molecule has 28 heavy (non-hydrogen) atoms. The fourth-order valence-corrected chi connectivity index (χ4v) is 3.39. The van der Waals surface area contributed by atoms with Crippen LogP contribution in [0.15, 0.2) is 15.7 Å². The van der Waals surface area contributed by atoms with Crippen molar-refractivity contribution in [2.45, 2.75) is 53.6 Å². The Morgan fingerprint density at radius 3 is 2.43 bits per heavy atom. The third kappa shape index (κ3) is 3.19. The van der Waals surface area contributed by atoms with Crippen LogP contribution < -0.4 is 11.2 Å². The van der Waals surface area contributed by atoms with Crippen molar-refractivity contribution in [2.75, 3.05) is 13.2 Å². The number of ether oxygens (including phenoxy) is 1. The average molecular weight is 388 g/mol. The Morgan fingerprint density at radius 1 is 1.07 bits per heavy atom. The molecule has 0 fully saturated rings. The Hall–Kier alpha value is -2.68. The third-order valence-corrected chi connectivity index (χ3v) is 4.94. The highest BCUT2D eigenvalue weighted by Crippen LogP contribution is 2.18. The van der Waals surface area contributed by atoms with Crippen LogP contribution in [-0.2, 0) is 37.7 Å². The lowest BCUT2D eigenvalue weighted by Gasteiger charge is -2.10. The third-order valence-electron chi connectivity index (χ3n) is 4.94. The Labute approximate surface area is 163 Å². The van der Waals surface area contributed by atoms with Crippen molar-refractivity contribution >= 4 is 11.2 Å². The Bertz CT molecular complexity index is 1100. The zero-order chi connectivity index (χ0) is 20.4. The molecule has 3 rings (SSSR count). The maximum atomic E-state index is 13.1. The Kier molecular flexibility index (Phi) is 5.83. The molecular weight excluding hydrogens is 360 g/mol. The molecule has 0 atom stereocenters. The lowest BCUT2D eigenvalue weighted by atomic mass is 10.3. The number of rotatable bonds is 8.